The van der Waals surface area contributed by atoms with Gasteiger partial charge in [-0.05, 0) is 24.7 Å². The number of rotatable bonds is 4. The zero-order chi connectivity index (χ0) is 10.8. The van der Waals surface area contributed by atoms with Crippen LogP contribution < -0.4 is 11.3 Å². The first-order valence-electron chi connectivity index (χ1n) is 5.11. The van der Waals surface area contributed by atoms with Crippen molar-refractivity contribution in [3.05, 3.63) is 0 Å². The summed E-state index contributed by atoms with van der Waals surface area (Å²) in [7, 11) is -2.78. The minimum atomic E-state index is -2.78. The van der Waals surface area contributed by atoms with Gasteiger partial charge in [0.1, 0.15) is 0 Å². The summed E-state index contributed by atoms with van der Waals surface area (Å²) in [6, 6.07) is 0.146. The molecule has 1 rings (SSSR count). The normalized spacial score (nSPS) is 28.1. The van der Waals surface area contributed by atoms with Crippen LogP contribution in [0.5, 0.6) is 0 Å². The Morgan fingerprint density at radius 1 is 1.50 bits per heavy atom. The topological polar surface area (TPSA) is 72.2 Å². The SMILES string of the molecule is CC(C)CC(NN)C1CCS(=O)(=O)C1. The summed E-state index contributed by atoms with van der Waals surface area (Å²) in [6.07, 6.45) is 1.70. The largest absolute Gasteiger partial charge is 0.271 e. The third-order valence-electron chi connectivity index (χ3n) is 2.78. The smallest absolute Gasteiger partial charge is 0.150 e. The molecule has 0 spiro atoms. The summed E-state index contributed by atoms with van der Waals surface area (Å²) in [4.78, 5) is 0. The molecule has 1 aliphatic rings. The highest BCUT2D eigenvalue weighted by molar-refractivity contribution is 7.91. The zero-order valence-corrected chi connectivity index (χ0v) is 9.68. The van der Waals surface area contributed by atoms with Crippen LogP contribution in [0, 0.1) is 11.8 Å². The lowest BCUT2D eigenvalue weighted by Crippen LogP contribution is -2.42. The highest BCUT2D eigenvalue weighted by Gasteiger charge is 2.33. The molecule has 14 heavy (non-hydrogen) atoms. The lowest BCUT2D eigenvalue weighted by Gasteiger charge is -2.23. The fourth-order valence-corrected chi connectivity index (χ4v) is 3.93. The molecule has 1 fully saturated rings. The van der Waals surface area contributed by atoms with Crippen molar-refractivity contribution in [1.82, 2.24) is 5.43 Å². The quantitative estimate of drug-likeness (QED) is 0.528. The average molecular weight is 220 g/mol. The molecule has 1 aliphatic heterocycles. The fourth-order valence-electron chi connectivity index (χ4n) is 2.05. The van der Waals surface area contributed by atoms with Crippen molar-refractivity contribution >= 4 is 9.84 Å². The Labute approximate surface area is 86.1 Å². The fraction of sp³-hybridized carbons (Fsp3) is 1.00. The van der Waals surface area contributed by atoms with Crippen molar-refractivity contribution in [3.8, 4) is 0 Å². The van der Waals surface area contributed by atoms with Crippen molar-refractivity contribution in [2.24, 2.45) is 17.7 Å². The highest BCUT2D eigenvalue weighted by Crippen LogP contribution is 2.24. The molecule has 0 aromatic heterocycles. The Bertz CT molecular complexity index is 275. The predicted molar refractivity (Wildman–Crippen MR) is 57.3 cm³/mol. The molecule has 4 nitrogen and oxygen atoms in total. The molecule has 0 bridgehead atoms. The average Bonchev–Trinajstić information content (AvgIpc) is 2.41. The molecule has 3 N–H and O–H groups in total. The molecule has 0 amide bonds. The minimum absolute atomic E-state index is 0.146. The number of sulfone groups is 1. The molecular formula is C9H20N2O2S. The van der Waals surface area contributed by atoms with Gasteiger partial charge < -0.3 is 0 Å². The summed E-state index contributed by atoms with van der Waals surface area (Å²) in [5.41, 5.74) is 2.75. The van der Waals surface area contributed by atoms with Gasteiger partial charge in [0.15, 0.2) is 9.84 Å². The Morgan fingerprint density at radius 2 is 2.14 bits per heavy atom. The van der Waals surface area contributed by atoms with Crippen molar-refractivity contribution in [3.63, 3.8) is 0 Å². The molecular weight excluding hydrogens is 200 g/mol. The van der Waals surface area contributed by atoms with Gasteiger partial charge in [-0.3, -0.25) is 11.3 Å². The van der Waals surface area contributed by atoms with Crippen molar-refractivity contribution in [1.29, 1.82) is 0 Å². The van der Waals surface area contributed by atoms with Gasteiger partial charge in [0.05, 0.1) is 11.5 Å². The van der Waals surface area contributed by atoms with Gasteiger partial charge in [0, 0.05) is 6.04 Å². The number of hydrazine groups is 1. The first-order chi connectivity index (χ1) is 6.44. The molecule has 0 radical (unpaired) electrons. The molecule has 2 atom stereocenters. The van der Waals surface area contributed by atoms with Gasteiger partial charge in [0.2, 0.25) is 0 Å². The van der Waals surface area contributed by atoms with Crippen molar-refractivity contribution in [2.75, 3.05) is 11.5 Å². The Hall–Kier alpha value is -0.130. The maximum Gasteiger partial charge on any atom is 0.150 e. The third kappa shape index (κ3) is 3.22. The van der Waals surface area contributed by atoms with Gasteiger partial charge in [-0.2, -0.15) is 0 Å². The van der Waals surface area contributed by atoms with E-state index in [1.54, 1.807) is 0 Å². The monoisotopic (exact) mass is 220 g/mol. The molecule has 0 aromatic rings. The van der Waals surface area contributed by atoms with E-state index in [-0.39, 0.29) is 12.0 Å². The zero-order valence-electron chi connectivity index (χ0n) is 8.86. The Balaban J connectivity index is 2.55. The van der Waals surface area contributed by atoms with E-state index in [0.29, 0.717) is 17.4 Å². The van der Waals surface area contributed by atoms with E-state index in [4.69, 9.17) is 5.84 Å². The molecule has 84 valence electrons. The van der Waals surface area contributed by atoms with Crippen molar-refractivity contribution < 1.29 is 8.42 Å². The number of nitrogens with two attached hydrogens (primary N) is 1. The molecule has 2 unspecified atom stereocenters. The van der Waals surface area contributed by atoms with Gasteiger partial charge in [-0.25, -0.2) is 8.42 Å². The van der Waals surface area contributed by atoms with Crippen LogP contribution in [-0.4, -0.2) is 26.0 Å². The van der Waals surface area contributed by atoms with E-state index in [1.807, 2.05) is 0 Å². The van der Waals surface area contributed by atoms with Crippen LogP contribution in [0.25, 0.3) is 0 Å². The van der Waals surface area contributed by atoms with E-state index in [2.05, 4.69) is 19.3 Å². The van der Waals surface area contributed by atoms with Crippen LogP contribution in [0.15, 0.2) is 0 Å². The van der Waals surface area contributed by atoms with Gasteiger partial charge in [0.25, 0.3) is 0 Å². The van der Waals surface area contributed by atoms with Crippen molar-refractivity contribution in [2.45, 2.75) is 32.7 Å². The van der Waals surface area contributed by atoms with E-state index >= 15 is 0 Å². The maximum absolute atomic E-state index is 11.3. The third-order valence-corrected chi connectivity index (χ3v) is 4.57. The molecule has 1 heterocycles. The summed E-state index contributed by atoms with van der Waals surface area (Å²) >= 11 is 0. The second-order valence-electron chi connectivity index (χ2n) is 4.57. The first-order valence-corrected chi connectivity index (χ1v) is 6.93. The van der Waals surface area contributed by atoms with E-state index in [0.717, 1.165) is 12.8 Å². The Morgan fingerprint density at radius 3 is 2.50 bits per heavy atom. The lowest BCUT2D eigenvalue weighted by molar-refractivity contribution is 0.330. The van der Waals surface area contributed by atoms with Crippen LogP contribution in [0.3, 0.4) is 0 Å². The van der Waals surface area contributed by atoms with Crippen LogP contribution >= 0.6 is 0 Å². The standard InChI is InChI=1S/C9H20N2O2S/c1-7(2)5-9(11-10)8-3-4-14(12,13)6-8/h7-9,11H,3-6,10H2,1-2H3. The van der Waals surface area contributed by atoms with Crippen LogP contribution in [0.2, 0.25) is 0 Å². The summed E-state index contributed by atoms with van der Waals surface area (Å²) in [5.74, 6) is 6.81. The minimum Gasteiger partial charge on any atom is -0.271 e. The van der Waals surface area contributed by atoms with Crippen LogP contribution in [0.4, 0.5) is 0 Å². The van der Waals surface area contributed by atoms with Gasteiger partial charge in [-0.1, -0.05) is 13.8 Å². The number of hydrogen-bond acceptors (Lipinski definition) is 4. The highest BCUT2D eigenvalue weighted by atomic mass is 32.2. The molecule has 0 aliphatic carbocycles. The second-order valence-corrected chi connectivity index (χ2v) is 6.79. The molecule has 0 aromatic carbocycles. The van der Waals surface area contributed by atoms with E-state index in [1.165, 1.54) is 0 Å². The summed E-state index contributed by atoms with van der Waals surface area (Å²) in [5, 5.41) is 0. The maximum atomic E-state index is 11.3. The van der Waals surface area contributed by atoms with Gasteiger partial charge in [-0.15, -0.1) is 0 Å². The van der Waals surface area contributed by atoms with Crippen LogP contribution in [-0.2, 0) is 9.84 Å². The van der Waals surface area contributed by atoms with E-state index in [9.17, 15) is 8.42 Å². The molecule has 5 heteroatoms. The predicted octanol–water partition coefficient (Wildman–Crippen LogP) is 0.299. The number of nitrogens with one attached hydrogen (secondary N) is 1. The Kier molecular flexibility index (Phi) is 3.92. The second kappa shape index (κ2) is 4.59. The van der Waals surface area contributed by atoms with Gasteiger partial charge >= 0.3 is 0 Å². The summed E-state index contributed by atoms with van der Waals surface area (Å²) < 4.78 is 22.6. The summed E-state index contributed by atoms with van der Waals surface area (Å²) in [6.45, 7) is 4.24. The molecule has 0 saturated carbocycles. The van der Waals surface area contributed by atoms with E-state index < -0.39 is 9.84 Å². The lowest BCUT2D eigenvalue weighted by atomic mass is 9.92. The first kappa shape index (κ1) is 11.9. The molecule has 1 saturated heterocycles. The van der Waals surface area contributed by atoms with Crippen LogP contribution in [0.1, 0.15) is 26.7 Å². The number of hydrogen-bond donors (Lipinski definition) is 2.